The van der Waals surface area contributed by atoms with Gasteiger partial charge in [-0.3, -0.25) is 0 Å². The van der Waals surface area contributed by atoms with Gasteiger partial charge in [0.05, 0.1) is 21.3 Å². The van der Waals surface area contributed by atoms with Crippen LogP contribution >= 0.6 is 12.2 Å². The zero-order valence-corrected chi connectivity index (χ0v) is 10.6. The fourth-order valence-electron chi connectivity index (χ4n) is 1.36. The molecular formula is C11H15NO3S. The Kier molecular flexibility index (Phi) is 4.37. The predicted octanol–water partition coefficient (Wildman–Crippen LogP) is 1.61. The van der Waals surface area contributed by atoms with Crippen LogP contribution in [0, 0.1) is 0 Å². The van der Waals surface area contributed by atoms with Crippen molar-refractivity contribution >= 4 is 17.2 Å². The molecule has 0 spiro atoms. The lowest BCUT2D eigenvalue weighted by molar-refractivity contribution is 0.324. The van der Waals surface area contributed by atoms with E-state index in [4.69, 9.17) is 26.4 Å². The van der Waals surface area contributed by atoms with Gasteiger partial charge in [-0.15, -0.1) is 0 Å². The summed E-state index contributed by atoms with van der Waals surface area (Å²) in [5.41, 5.74) is 0.826. The smallest absolute Gasteiger partial charge is 0.203 e. The molecule has 0 aliphatic carbocycles. The van der Waals surface area contributed by atoms with Gasteiger partial charge in [0.25, 0.3) is 0 Å². The maximum absolute atomic E-state index is 5.22. The molecule has 16 heavy (non-hydrogen) atoms. The van der Waals surface area contributed by atoms with Gasteiger partial charge >= 0.3 is 0 Å². The van der Waals surface area contributed by atoms with Crippen LogP contribution < -0.4 is 19.5 Å². The first-order valence-corrected chi connectivity index (χ1v) is 5.10. The molecule has 5 heteroatoms. The molecule has 0 saturated heterocycles. The Morgan fingerprint density at radius 2 is 1.56 bits per heavy atom. The predicted molar refractivity (Wildman–Crippen MR) is 66.9 cm³/mol. The summed E-state index contributed by atoms with van der Waals surface area (Å²) < 4.78 is 15.7. The molecule has 0 amide bonds. The summed E-state index contributed by atoms with van der Waals surface area (Å²) in [7, 11) is 6.48. The Labute approximate surface area is 101 Å². The van der Waals surface area contributed by atoms with E-state index in [0.717, 1.165) is 5.56 Å². The van der Waals surface area contributed by atoms with E-state index in [-0.39, 0.29) is 0 Å². The Bertz CT molecular complexity index is 368. The minimum atomic E-state index is 0.563. The molecule has 88 valence electrons. The average molecular weight is 241 g/mol. The standard InChI is InChI=1S/C11H15NO3S/c1-12-11(16)7-5-8(13-2)10(15-4)9(6-7)14-3/h5-6H,1-4H3,(H,12,16). The lowest BCUT2D eigenvalue weighted by Gasteiger charge is -2.14. The van der Waals surface area contributed by atoms with Crippen LogP contribution in [0.15, 0.2) is 12.1 Å². The van der Waals surface area contributed by atoms with Crippen molar-refractivity contribution in [2.24, 2.45) is 0 Å². The van der Waals surface area contributed by atoms with Crippen molar-refractivity contribution < 1.29 is 14.2 Å². The van der Waals surface area contributed by atoms with E-state index < -0.39 is 0 Å². The molecule has 0 atom stereocenters. The maximum Gasteiger partial charge on any atom is 0.203 e. The van der Waals surface area contributed by atoms with E-state index >= 15 is 0 Å². The van der Waals surface area contributed by atoms with Gasteiger partial charge in [-0.2, -0.15) is 0 Å². The summed E-state index contributed by atoms with van der Waals surface area (Å²) in [6, 6.07) is 3.61. The van der Waals surface area contributed by atoms with E-state index in [0.29, 0.717) is 22.2 Å². The molecule has 0 saturated carbocycles. The molecular weight excluding hydrogens is 226 g/mol. The van der Waals surface area contributed by atoms with E-state index in [1.54, 1.807) is 40.5 Å². The second kappa shape index (κ2) is 5.55. The highest BCUT2D eigenvalue weighted by atomic mass is 32.1. The van der Waals surface area contributed by atoms with Crippen molar-refractivity contribution in [3.63, 3.8) is 0 Å². The zero-order valence-electron chi connectivity index (χ0n) is 9.79. The van der Waals surface area contributed by atoms with Crippen molar-refractivity contribution in [1.82, 2.24) is 5.32 Å². The maximum atomic E-state index is 5.22. The third kappa shape index (κ3) is 2.36. The number of thiocarbonyl (C=S) groups is 1. The molecule has 1 N–H and O–H groups in total. The molecule has 1 aromatic carbocycles. The molecule has 0 aliphatic rings. The molecule has 0 heterocycles. The molecule has 0 aliphatic heterocycles. The molecule has 4 nitrogen and oxygen atoms in total. The topological polar surface area (TPSA) is 39.7 Å². The van der Waals surface area contributed by atoms with Crippen LogP contribution in [0.25, 0.3) is 0 Å². The van der Waals surface area contributed by atoms with Crippen LogP contribution in [0.3, 0.4) is 0 Å². The SMILES string of the molecule is CNC(=S)c1cc(OC)c(OC)c(OC)c1. The highest BCUT2D eigenvalue weighted by molar-refractivity contribution is 7.80. The fourth-order valence-corrected chi connectivity index (χ4v) is 1.47. The number of ether oxygens (including phenoxy) is 3. The van der Waals surface area contributed by atoms with Gasteiger partial charge in [-0.1, -0.05) is 12.2 Å². The molecule has 0 unspecified atom stereocenters. The molecule has 1 rings (SSSR count). The summed E-state index contributed by atoms with van der Waals surface area (Å²) in [6.45, 7) is 0. The molecule has 0 aromatic heterocycles. The Hall–Kier alpha value is -1.49. The first-order chi connectivity index (χ1) is 7.67. The molecule has 0 bridgehead atoms. The lowest BCUT2D eigenvalue weighted by Crippen LogP contribution is -2.16. The highest BCUT2D eigenvalue weighted by Crippen LogP contribution is 2.38. The van der Waals surface area contributed by atoms with Crippen LogP contribution in [0.2, 0.25) is 0 Å². The number of nitrogens with one attached hydrogen (secondary N) is 1. The van der Waals surface area contributed by atoms with E-state index in [2.05, 4.69) is 5.32 Å². The highest BCUT2D eigenvalue weighted by Gasteiger charge is 2.14. The van der Waals surface area contributed by atoms with Crippen molar-refractivity contribution in [3.05, 3.63) is 17.7 Å². The number of hydrogen-bond donors (Lipinski definition) is 1. The summed E-state index contributed by atoms with van der Waals surface area (Å²) in [4.78, 5) is 0.624. The second-order valence-corrected chi connectivity index (χ2v) is 3.40. The van der Waals surface area contributed by atoms with Crippen molar-refractivity contribution in [2.45, 2.75) is 0 Å². The van der Waals surface area contributed by atoms with Gasteiger partial charge in [0.2, 0.25) is 5.75 Å². The zero-order chi connectivity index (χ0) is 12.1. The van der Waals surface area contributed by atoms with Crippen LogP contribution in [0.1, 0.15) is 5.56 Å². The fraction of sp³-hybridized carbons (Fsp3) is 0.364. The van der Waals surface area contributed by atoms with Crippen LogP contribution in [-0.2, 0) is 0 Å². The molecule has 1 aromatic rings. The van der Waals surface area contributed by atoms with Gasteiger partial charge in [0.1, 0.15) is 4.99 Å². The number of hydrogen-bond acceptors (Lipinski definition) is 4. The van der Waals surface area contributed by atoms with Crippen molar-refractivity contribution in [1.29, 1.82) is 0 Å². The van der Waals surface area contributed by atoms with Crippen LogP contribution in [-0.4, -0.2) is 33.4 Å². The van der Waals surface area contributed by atoms with Gasteiger partial charge in [-0.25, -0.2) is 0 Å². The van der Waals surface area contributed by atoms with Crippen molar-refractivity contribution in [3.8, 4) is 17.2 Å². The Morgan fingerprint density at radius 3 is 1.88 bits per heavy atom. The summed E-state index contributed by atoms with van der Waals surface area (Å²) in [5.74, 6) is 1.75. The summed E-state index contributed by atoms with van der Waals surface area (Å²) >= 11 is 5.15. The summed E-state index contributed by atoms with van der Waals surface area (Å²) in [6.07, 6.45) is 0. The molecule has 0 fully saturated rings. The first-order valence-electron chi connectivity index (χ1n) is 4.70. The van der Waals surface area contributed by atoms with Gasteiger partial charge in [-0.05, 0) is 12.1 Å². The van der Waals surface area contributed by atoms with Gasteiger partial charge in [0, 0.05) is 12.6 Å². The van der Waals surface area contributed by atoms with E-state index in [1.165, 1.54) is 0 Å². The molecule has 0 radical (unpaired) electrons. The van der Waals surface area contributed by atoms with Gasteiger partial charge < -0.3 is 19.5 Å². The van der Waals surface area contributed by atoms with E-state index in [9.17, 15) is 0 Å². The third-order valence-corrected chi connectivity index (χ3v) is 2.59. The quantitative estimate of drug-likeness (QED) is 0.811. The number of methoxy groups -OCH3 is 3. The van der Waals surface area contributed by atoms with Crippen LogP contribution in [0.4, 0.5) is 0 Å². The second-order valence-electron chi connectivity index (χ2n) is 2.99. The number of rotatable bonds is 4. The lowest BCUT2D eigenvalue weighted by atomic mass is 10.2. The van der Waals surface area contributed by atoms with Crippen molar-refractivity contribution in [2.75, 3.05) is 28.4 Å². The summed E-state index contributed by atoms with van der Waals surface area (Å²) in [5, 5.41) is 2.90. The van der Waals surface area contributed by atoms with Gasteiger partial charge in [0.15, 0.2) is 11.5 Å². The minimum absolute atomic E-state index is 0.563. The number of benzene rings is 1. The van der Waals surface area contributed by atoms with Crippen LogP contribution in [0.5, 0.6) is 17.2 Å². The Morgan fingerprint density at radius 1 is 1.06 bits per heavy atom. The van der Waals surface area contributed by atoms with E-state index in [1.807, 2.05) is 0 Å². The monoisotopic (exact) mass is 241 g/mol. The minimum Gasteiger partial charge on any atom is -0.493 e. The largest absolute Gasteiger partial charge is 0.493 e. The average Bonchev–Trinajstić information content (AvgIpc) is 2.35. The Balaban J connectivity index is 3.31. The third-order valence-electron chi connectivity index (χ3n) is 2.15. The first kappa shape index (κ1) is 12.6. The normalized spacial score (nSPS) is 9.50.